The number of methoxy groups -OCH3 is 1. The quantitative estimate of drug-likeness (QED) is 0.621. The minimum Gasteiger partial charge on any atom is -0.380 e. The maximum absolute atomic E-state index is 12.0. The van der Waals surface area contributed by atoms with Crippen molar-refractivity contribution in [3.05, 3.63) is 0 Å². The summed E-state index contributed by atoms with van der Waals surface area (Å²) >= 11 is 0. The van der Waals surface area contributed by atoms with Crippen LogP contribution in [0.2, 0.25) is 0 Å². The molecule has 0 aliphatic heterocycles. The van der Waals surface area contributed by atoms with Gasteiger partial charge in [0.2, 0.25) is 0 Å². The molecule has 2 fully saturated rings. The molecule has 2 rings (SSSR count). The molecule has 1 spiro atoms. The molecule has 0 heterocycles. The molecule has 74 valence electrons. The standard InChI is InChI=1S/C11H18O2/c1-8-5-7-11(10(8)12)6-3-4-9(11)13-2/h8-9H,3-7H2,1-2H3/t8-,9-,11+/m1/s1. The second-order valence-electron chi connectivity index (χ2n) is 4.58. The Kier molecular flexibility index (Phi) is 2.18. The van der Waals surface area contributed by atoms with Gasteiger partial charge in [-0.25, -0.2) is 0 Å². The van der Waals surface area contributed by atoms with E-state index in [2.05, 4.69) is 6.92 Å². The van der Waals surface area contributed by atoms with Crippen LogP contribution in [0.3, 0.4) is 0 Å². The number of hydrogen-bond donors (Lipinski definition) is 0. The van der Waals surface area contributed by atoms with Gasteiger partial charge in [0.05, 0.1) is 11.5 Å². The van der Waals surface area contributed by atoms with Crippen molar-refractivity contribution >= 4 is 5.78 Å². The van der Waals surface area contributed by atoms with Crippen LogP contribution in [-0.4, -0.2) is 19.0 Å². The largest absolute Gasteiger partial charge is 0.380 e. The Morgan fingerprint density at radius 1 is 1.38 bits per heavy atom. The van der Waals surface area contributed by atoms with Gasteiger partial charge in [-0.15, -0.1) is 0 Å². The summed E-state index contributed by atoms with van der Waals surface area (Å²) in [5.74, 6) is 0.743. The summed E-state index contributed by atoms with van der Waals surface area (Å²) in [4.78, 5) is 12.0. The molecule has 0 unspecified atom stereocenters. The topological polar surface area (TPSA) is 26.3 Å². The van der Waals surface area contributed by atoms with E-state index in [1.807, 2.05) is 0 Å². The third-order valence-corrected chi connectivity index (χ3v) is 3.95. The number of rotatable bonds is 1. The smallest absolute Gasteiger partial charge is 0.144 e. The van der Waals surface area contributed by atoms with Crippen LogP contribution in [0.1, 0.15) is 39.0 Å². The number of ketones is 1. The Labute approximate surface area is 79.7 Å². The van der Waals surface area contributed by atoms with Crippen LogP contribution >= 0.6 is 0 Å². The lowest BCUT2D eigenvalue weighted by atomic mass is 9.80. The molecular weight excluding hydrogens is 164 g/mol. The molecule has 0 aromatic rings. The number of carbonyl (C=O) groups is 1. The summed E-state index contributed by atoms with van der Waals surface area (Å²) in [5, 5.41) is 0. The molecule has 2 aliphatic rings. The Morgan fingerprint density at radius 3 is 2.69 bits per heavy atom. The number of Topliss-reactive ketones (excluding diaryl/α,β-unsaturated/α-hetero) is 1. The van der Waals surface area contributed by atoms with E-state index in [-0.39, 0.29) is 17.4 Å². The van der Waals surface area contributed by atoms with Gasteiger partial charge in [0.1, 0.15) is 5.78 Å². The van der Waals surface area contributed by atoms with Crippen molar-refractivity contribution in [3.63, 3.8) is 0 Å². The highest BCUT2D eigenvalue weighted by Crippen LogP contribution is 2.51. The lowest BCUT2D eigenvalue weighted by molar-refractivity contribution is -0.134. The molecular formula is C11H18O2. The maximum Gasteiger partial charge on any atom is 0.144 e. The predicted molar refractivity (Wildman–Crippen MR) is 50.5 cm³/mol. The zero-order valence-corrected chi connectivity index (χ0v) is 8.51. The van der Waals surface area contributed by atoms with Crippen molar-refractivity contribution in [2.45, 2.75) is 45.1 Å². The molecule has 2 saturated carbocycles. The van der Waals surface area contributed by atoms with Crippen LogP contribution in [0.4, 0.5) is 0 Å². The van der Waals surface area contributed by atoms with Crippen molar-refractivity contribution in [1.82, 2.24) is 0 Å². The fourth-order valence-electron chi connectivity index (χ4n) is 3.17. The highest BCUT2D eigenvalue weighted by Gasteiger charge is 2.53. The van der Waals surface area contributed by atoms with Crippen LogP contribution in [0.5, 0.6) is 0 Å². The first kappa shape index (κ1) is 9.20. The van der Waals surface area contributed by atoms with Crippen molar-refractivity contribution in [3.8, 4) is 0 Å². The average Bonchev–Trinajstić information content (AvgIpc) is 2.67. The molecule has 13 heavy (non-hydrogen) atoms. The Hall–Kier alpha value is -0.370. The number of hydrogen-bond acceptors (Lipinski definition) is 2. The van der Waals surface area contributed by atoms with Gasteiger partial charge in [-0.05, 0) is 32.1 Å². The lowest BCUT2D eigenvalue weighted by Crippen LogP contribution is -2.36. The van der Waals surface area contributed by atoms with Crippen molar-refractivity contribution in [2.24, 2.45) is 11.3 Å². The third-order valence-electron chi connectivity index (χ3n) is 3.95. The maximum atomic E-state index is 12.0. The first-order chi connectivity index (χ1) is 6.20. The highest BCUT2D eigenvalue weighted by molar-refractivity contribution is 5.89. The second-order valence-corrected chi connectivity index (χ2v) is 4.58. The van der Waals surface area contributed by atoms with Gasteiger partial charge in [0, 0.05) is 13.0 Å². The van der Waals surface area contributed by atoms with E-state index in [0.717, 1.165) is 32.1 Å². The second kappa shape index (κ2) is 3.09. The molecule has 0 bridgehead atoms. The normalized spacial score (nSPS) is 44.9. The molecule has 2 nitrogen and oxygen atoms in total. The minimum atomic E-state index is -0.0752. The van der Waals surface area contributed by atoms with Gasteiger partial charge in [0.25, 0.3) is 0 Å². The van der Waals surface area contributed by atoms with Crippen LogP contribution in [0.15, 0.2) is 0 Å². The molecule has 0 radical (unpaired) electrons. The Morgan fingerprint density at radius 2 is 2.15 bits per heavy atom. The first-order valence-electron chi connectivity index (χ1n) is 5.28. The summed E-state index contributed by atoms with van der Waals surface area (Å²) < 4.78 is 5.45. The molecule has 0 saturated heterocycles. The zero-order chi connectivity index (χ0) is 9.47. The van der Waals surface area contributed by atoms with Crippen molar-refractivity contribution < 1.29 is 9.53 Å². The van der Waals surface area contributed by atoms with Crippen LogP contribution in [0, 0.1) is 11.3 Å². The molecule has 0 aromatic heterocycles. The molecule has 0 amide bonds. The minimum absolute atomic E-state index is 0.0752. The summed E-state index contributed by atoms with van der Waals surface area (Å²) in [6.07, 6.45) is 5.65. The number of ether oxygens (including phenoxy) is 1. The zero-order valence-electron chi connectivity index (χ0n) is 8.51. The van der Waals surface area contributed by atoms with E-state index in [4.69, 9.17) is 4.74 Å². The van der Waals surface area contributed by atoms with E-state index >= 15 is 0 Å². The first-order valence-corrected chi connectivity index (χ1v) is 5.28. The third kappa shape index (κ3) is 1.15. The van der Waals surface area contributed by atoms with E-state index < -0.39 is 0 Å². The summed E-state index contributed by atoms with van der Waals surface area (Å²) in [6.45, 7) is 2.06. The summed E-state index contributed by atoms with van der Waals surface area (Å²) in [5.41, 5.74) is -0.0752. The molecule has 0 aromatic carbocycles. The summed E-state index contributed by atoms with van der Waals surface area (Å²) in [6, 6.07) is 0. The van der Waals surface area contributed by atoms with Crippen LogP contribution in [0.25, 0.3) is 0 Å². The molecule has 2 heteroatoms. The fourth-order valence-corrected chi connectivity index (χ4v) is 3.17. The van der Waals surface area contributed by atoms with Gasteiger partial charge in [-0.2, -0.15) is 0 Å². The lowest BCUT2D eigenvalue weighted by Gasteiger charge is -2.28. The molecule has 3 atom stereocenters. The highest BCUT2D eigenvalue weighted by atomic mass is 16.5. The fraction of sp³-hybridized carbons (Fsp3) is 0.909. The van der Waals surface area contributed by atoms with E-state index in [1.54, 1.807) is 7.11 Å². The molecule has 0 N–H and O–H groups in total. The summed E-state index contributed by atoms with van der Waals surface area (Å²) in [7, 11) is 1.74. The van der Waals surface area contributed by atoms with Crippen LogP contribution < -0.4 is 0 Å². The van der Waals surface area contributed by atoms with E-state index in [0.29, 0.717) is 5.78 Å². The van der Waals surface area contributed by atoms with Gasteiger partial charge in [-0.1, -0.05) is 6.92 Å². The van der Waals surface area contributed by atoms with Crippen LogP contribution in [-0.2, 0) is 9.53 Å². The van der Waals surface area contributed by atoms with Gasteiger partial charge < -0.3 is 4.74 Å². The predicted octanol–water partition coefficient (Wildman–Crippen LogP) is 2.17. The number of carbonyl (C=O) groups excluding carboxylic acids is 1. The van der Waals surface area contributed by atoms with Gasteiger partial charge in [-0.3, -0.25) is 4.79 Å². The van der Waals surface area contributed by atoms with Crippen molar-refractivity contribution in [1.29, 1.82) is 0 Å². The average molecular weight is 182 g/mol. The van der Waals surface area contributed by atoms with E-state index in [1.165, 1.54) is 0 Å². The monoisotopic (exact) mass is 182 g/mol. The Balaban J connectivity index is 2.24. The van der Waals surface area contributed by atoms with Gasteiger partial charge >= 0.3 is 0 Å². The molecule has 2 aliphatic carbocycles. The van der Waals surface area contributed by atoms with Gasteiger partial charge in [0.15, 0.2) is 0 Å². The van der Waals surface area contributed by atoms with E-state index in [9.17, 15) is 4.79 Å². The SMILES string of the molecule is CO[C@@H]1CCC[C@]12CC[C@@H](C)C2=O. The van der Waals surface area contributed by atoms with Crippen molar-refractivity contribution in [2.75, 3.05) is 7.11 Å². The Bertz CT molecular complexity index is 224.